The SMILES string of the molecule is Cc1nc(C)c(-c2ccc(Oc3ccc(OC(F)(F)F)cc3)cc2)c(OC(=O)N(CCNC(C)C)C(C)C)c1Br. The fraction of sp³-hybridized carbons (Fsp3) is 0.379. The van der Waals surface area contributed by atoms with Crippen molar-refractivity contribution in [2.24, 2.45) is 0 Å². The molecule has 1 aromatic heterocycles. The van der Waals surface area contributed by atoms with Crippen LogP contribution < -0.4 is 19.5 Å². The Labute approximate surface area is 240 Å². The second kappa shape index (κ2) is 13.4. The molecule has 0 aliphatic carbocycles. The summed E-state index contributed by atoms with van der Waals surface area (Å²) in [6, 6.07) is 12.4. The summed E-state index contributed by atoms with van der Waals surface area (Å²) < 4.78 is 53.4. The van der Waals surface area contributed by atoms with Crippen LogP contribution in [0.4, 0.5) is 18.0 Å². The number of hydrogen-bond acceptors (Lipinski definition) is 6. The lowest BCUT2D eigenvalue weighted by atomic mass is 10.0. The van der Waals surface area contributed by atoms with Gasteiger partial charge in [-0.25, -0.2) is 4.79 Å². The van der Waals surface area contributed by atoms with Crippen molar-refractivity contribution in [3.8, 4) is 34.1 Å². The van der Waals surface area contributed by atoms with E-state index >= 15 is 0 Å². The van der Waals surface area contributed by atoms with E-state index in [2.05, 4.69) is 31.0 Å². The fourth-order valence-electron chi connectivity index (χ4n) is 3.95. The molecule has 216 valence electrons. The van der Waals surface area contributed by atoms with Crippen LogP contribution in [-0.2, 0) is 0 Å². The van der Waals surface area contributed by atoms with Gasteiger partial charge in [0.15, 0.2) is 5.75 Å². The molecule has 0 aliphatic heterocycles. The summed E-state index contributed by atoms with van der Waals surface area (Å²) in [6.45, 7) is 12.7. The third kappa shape index (κ3) is 8.59. The Kier molecular flexibility index (Phi) is 10.4. The highest BCUT2D eigenvalue weighted by Crippen LogP contribution is 2.41. The number of nitrogens with zero attached hydrogens (tertiary/aromatic N) is 2. The Balaban J connectivity index is 1.84. The lowest BCUT2D eigenvalue weighted by Crippen LogP contribution is -2.44. The van der Waals surface area contributed by atoms with E-state index in [1.165, 1.54) is 24.3 Å². The Bertz CT molecular complexity index is 1300. The second-order valence-corrected chi connectivity index (χ2v) is 10.5. The Morgan fingerprint density at radius 2 is 1.50 bits per heavy atom. The van der Waals surface area contributed by atoms with E-state index in [9.17, 15) is 18.0 Å². The number of hydrogen-bond donors (Lipinski definition) is 1. The van der Waals surface area contributed by atoms with Crippen molar-refractivity contribution < 1.29 is 32.2 Å². The molecular formula is C29H33BrF3N3O4. The van der Waals surface area contributed by atoms with Gasteiger partial charge >= 0.3 is 12.5 Å². The molecule has 3 rings (SSSR count). The average molecular weight is 624 g/mol. The van der Waals surface area contributed by atoms with Crippen molar-refractivity contribution in [3.63, 3.8) is 0 Å². The van der Waals surface area contributed by atoms with Crippen molar-refractivity contribution in [2.75, 3.05) is 13.1 Å². The molecular weight excluding hydrogens is 591 g/mol. The minimum atomic E-state index is -4.76. The second-order valence-electron chi connectivity index (χ2n) is 9.71. The van der Waals surface area contributed by atoms with Gasteiger partial charge in [0.2, 0.25) is 0 Å². The summed E-state index contributed by atoms with van der Waals surface area (Å²) in [7, 11) is 0. The number of carbonyl (C=O) groups is 1. The van der Waals surface area contributed by atoms with Crippen molar-refractivity contribution in [3.05, 3.63) is 64.4 Å². The van der Waals surface area contributed by atoms with Crippen LogP contribution in [0.15, 0.2) is 53.0 Å². The van der Waals surface area contributed by atoms with Crippen molar-refractivity contribution in [1.82, 2.24) is 15.2 Å². The zero-order valence-electron chi connectivity index (χ0n) is 23.2. The maximum Gasteiger partial charge on any atom is 0.573 e. The van der Waals surface area contributed by atoms with E-state index in [4.69, 9.17) is 9.47 Å². The number of aromatic nitrogens is 1. The maximum atomic E-state index is 13.3. The van der Waals surface area contributed by atoms with Crippen LogP contribution in [0.5, 0.6) is 23.0 Å². The monoisotopic (exact) mass is 623 g/mol. The number of carbonyl (C=O) groups excluding carboxylic acids is 1. The number of rotatable bonds is 10. The number of benzene rings is 2. The lowest BCUT2D eigenvalue weighted by molar-refractivity contribution is -0.274. The number of aryl methyl sites for hydroxylation is 2. The van der Waals surface area contributed by atoms with E-state index in [0.29, 0.717) is 57.8 Å². The first-order chi connectivity index (χ1) is 18.7. The molecule has 1 heterocycles. The van der Waals surface area contributed by atoms with Gasteiger partial charge in [-0.1, -0.05) is 26.0 Å². The molecule has 0 spiro atoms. The summed E-state index contributed by atoms with van der Waals surface area (Å²) in [5.41, 5.74) is 2.75. The summed E-state index contributed by atoms with van der Waals surface area (Å²) in [5, 5.41) is 3.32. The van der Waals surface area contributed by atoms with Gasteiger partial charge in [0.05, 0.1) is 10.2 Å². The molecule has 1 N–H and O–H groups in total. The van der Waals surface area contributed by atoms with Gasteiger partial charge in [-0.05, 0) is 85.6 Å². The summed E-state index contributed by atoms with van der Waals surface area (Å²) in [6.07, 6.45) is -5.23. The summed E-state index contributed by atoms with van der Waals surface area (Å²) in [4.78, 5) is 19.6. The first kappa shape index (κ1) is 31.2. The molecule has 0 unspecified atom stereocenters. The Morgan fingerprint density at radius 3 is 2.02 bits per heavy atom. The summed E-state index contributed by atoms with van der Waals surface area (Å²) in [5.74, 6) is 0.838. The largest absolute Gasteiger partial charge is 0.573 e. The first-order valence-corrected chi connectivity index (χ1v) is 13.6. The molecule has 7 nitrogen and oxygen atoms in total. The van der Waals surface area contributed by atoms with Crippen LogP contribution in [0.25, 0.3) is 11.1 Å². The smallest absolute Gasteiger partial charge is 0.457 e. The van der Waals surface area contributed by atoms with Gasteiger partial charge in [-0.2, -0.15) is 0 Å². The van der Waals surface area contributed by atoms with E-state index in [1.807, 2.05) is 41.5 Å². The molecule has 0 bridgehead atoms. The highest BCUT2D eigenvalue weighted by Gasteiger charge is 2.31. The molecule has 3 aromatic rings. The van der Waals surface area contributed by atoms with Crippen LogP contribution in [0.1, 0.15) is 39.1 Å². The quantitative estimate of drug-likeness (QED) is 0.246. The minimum absolute atomic E-state index is 0.0711. The van der Waals surface area contributed by atoms with E-state index in [1.54, 1.807) is 29.2 Å². The van der Waals surface area contributed by atoms with Gasteiger partial charge in [0.25, 0.3) is 0 Å². The summed E-state index contributed by atoms with van der Waals surface area (Å²) >= 11 is 3.56. The maximum absolute atomic E-state index is 13.3. The lowest BCUT2D eigenvalue weighted by Gasteiger charge is -2.27. The molecule has 1 amide bonds. The van der Waals surface area contributed by atoms with Gasteiger partial charge in [0, 0.05) is 36.4 Å². The molecule has 0 aliphatic rings. The molecule has 0 fully saturated rings. The fourth-order valence-corrected chi connectivity index (χ4v) is 4.31. The minimum Gasteiger partial charge on any atom is -0.457 e. The number of alkyl halides is 3. The average Bonchev–Trinajstić information content (AvgIpc) is 2.85. The van der Waals surface area contributed by atoms with E-state index in [-0.39, 0.29) is 11.8 Å². The number of nitrogens with one attached hydrogen (secondary N) is 1. The van der Waals surface area contributed by atoms with Crippen LogP contribution in [0.2, 0.25) is 0 Å². The van der Waals surface area contributed by atoms with Crippen LogP contribution in [0.3, 0.4) is 0 Å². The van der Waals surface area contributed by atoms with Gasteiger partial charge in [-0.15, -0.1) is 13.2 Å². The van der Waals surface area contributed by atoms with Gasteiger partial charge < -0.3 is 24.4 Å². The third-order valence-electron chi connectivity index (χ3n) is 5.83. The molecule has 0 radical (unpaired) electrons. The highest BCUT2D eigenvalue weighted by atomic mass is 79.9. The van der Waals surface area contributed by atoms with Crippen LogP contribution in [-0.4, -0.2) is 47.5 Å². The molecule has 0 saturated carbocycles. The third-order valence-corrected chi connectivity index (χ3v) is 6.76. The zero-order chi connectivity index (χ0) is 29.6. The van der Waals surface area contributed by atoms with Gasteiger partial charge in [0.1, 0.15) is 17.2 Å². The molecule has 11 heteroatoms. The normalized spacial score (nSPS) is 11.6. The first-order valence-electron chi connectivity index (χ1n) is 12.8. The molecule has 0 saturated heterocycles. The number of halogens is 4. The van der Waals surface area contributed by atoms with E-state index < -0.39 is 12.5 Å². The van der Waals surface area contributed by atoms with Gasteiger partial charge in [-0.3, -0.25) is 4.98 Å². The van der Waals surface area contributed by atoms with Crippen LogP contribution >= 0.6 is 15.9 Å². The Hall–Kier alpha value is -3.31. The number of amides is 1. The van der Waals surface area contributed by atoms with Crippen molar-refractivity contribution in [2.45, 2.75) is 60.0 Å². The predicted molar refractivity (Wildman–Crippen MR) is 151 cm³/mol. The highest BCUT2D eigenvalue weighted by molar-refractivity contribution is 9.10. The number of ether oxygens (including phenoxy) is 3. The van der Waals surface area contributed by atoms with Crippen LogP contribution in [0, 0.1) is 13.8 Å². The van der Waals surface area contributed by atoms with E-state index in [0.717, 1.165) is 5.56 Å². The number of pyridine rings is 1. The standard InChI is InChI=1S/C29H33BrF3N3O4/c1-17(2)34-15-16-36(18(3)4)28(37)39-27-25(19(5)35-20(6)26(27)30)21-7-9-22(10-8-21)38-23-11-13-24(14-12-23)40-29(31,32)33/h7-14,17-18,34H,15-16H2,1-6H3. The molecule has 0 atom stereocenters. The Morgan fingerprint density at radius 1 is 0.950 bits per heavy atom. The zero-order valence-corrected chi connectivity index (χ0v) is 24.8. The molecule has 2 aromatic carbocycles. The van der Waals surface area contributed by atoms with Crippen molar-refractivity contribution in [1.29, 1.82) is 0 Å². The van der Waals surface area contributed by atoms with Crippen molar-refractivity contribution >= 4 is 22.0 Å². The molecule has 40 heavy (non-hydrogen) atoms. The predicted octanol–water partition coefficient (Wildman–Crippen LogP) is 8.03. The topological polar surface area (TPSA) is 72.9 Å².